The molecule has 1 aliphatic rings. The Bertz CT molecular complexity index is 716. The van der Waals surface area contributed by atoms with Gasteiger partial charge in [0.2, 0.25) is 5.91 Å². The van der Waals surface area contributed by atoms with E-state index in [0.717, 1.165) is 31.5 Å². The molecule has 0 spiro atoms. The third-order valence-corrected chi connectivity index (χ3v) is 4.60. The van der Waals surface area contributed by atoms with Crippen LogP contribution in [0.1, 0.15) is 19.3 Å². The minimum Gasteiger partial charge on any atom is -0.326 e. The van der Waals surface area contributed by atoms with Crippen LogP contribution in [0, 0.1) is 11.7 Å². The van der Waals surface area contributed by atoms with Crippen LogP contribution in [0.15, 0.2) is 42.5 Å². The smallest absolute Gasteiger partial charge is 0.224 e. The van der Waals surface area contributed by atoms with Gasteiger partial charge in [-0.3, -0.25) is 4.79 Å². The molecule has 0 aromatic heterocycles. The second-order valence-corrected chi connectivity index (χ2v) is 6.58. The van der Waals surface area contributed by atoms with Gasteiger partial charge in [-0.1, -0.05) is 23.7 Å². The van der Waals surface area contributed by atoms with Gasteiger partial charge in [0.1, 0.15) is 5.82 Å². The summed E-state index contributed by atoms with van der Waals surface area (Å²) in [5, 5.41) is 6.84. The van der Waals surface area contributed by atoms with Crippen LogP contribution in [0.4, 0.5) is 10.1 Å². The summed E-state index contributed by atoms with van der Waals surface area (Å²) in [7, 11) is 0. The molecular weight excluding hydrogens is 362 g/mol. The Morgan fingerprint density at radius 1 is 1.24 bits per heavy atom. The molecule has 0 bridgehead atoms. The summed E-state index contributed by atoms with van der Waals surface area (Å²) >= 11 is 5.91. The first-order valence-electron chi connectivity index (χ1n) is 8.18. The van der Waals surface area contributed by atoms with Crippen molar-refractivity contribution < 1.29 is 9.18 Å². The standard InChI is InChI=1S/C19H20ClFN2O.ClH/c20-15-4-2-14(3-5-15)17-11-16(21)6-7-18(17)23-19(24)8-1-13-9-10-22-12-13;/h2-7,11,13,22H,1,8-10,12H2,(H,23,24);1H. The molecule has 25 heavy (non-hydrogen) atoms. The number of carbonyl (C=O) groups is 1. The predicted octanol–water partition coefficient (Wildman–Crippen LogP) is 4.90. The number of carbonyl (C=O) groups excluding carboxylic acids is 1. The Labute approximate surface area is 158 Å². The Balaban J connectivity index is 0.00000225. The molecule has 1 atom stereocenters. The molecule has 0 saturated carbocycles. The van der Waals surface area contributed by atoms with Crippen molar-refractivity contribution in [3.63, 3.8) is 0 Å². The average Bonchev–Trinajstić information content (AvgIpc) is 3.09. The van der Waals surface area contributed by atoms with E-state index in [0.29, 0.717) is 28.6 Å². The summed E-state index contributed by atoms with van der Waals surface area (Å²) in [6.07, 6.45) is 2.47. The van der Waals surface area contributed by atoms with Gasteiger partial charge < -0.3 is 10.6 Å². The fourth-order valence-electron chi connectivity index (χ4n) is 3.00. The van der Waals surface area contributed by atoms with Gasteiger partial charge >= 0.3 is 0 Å². The number of nitrogens with one attached hydrogen (secondary N) is 2. The lowest BCUT2D eigenvalue weighted by Crippen LogP contribution is -2.15. The van der Waals surface area contributed by atoms with Crippen molar-refractivity contribution in [1.29, 1.82) is 0 Å². The maximum absolute atomic E-state index is 13.7. The predicted molar refractivity (Wildman–Crippen MR) is 103 cm³/mol. The molecule has 1 fully saturated rings. The Hall–Kier alpha value is -1.62. The first-order valence-corrected chi connectivity index (χ1v) is 8.55. The van der Waals surface area contributed by atoms with Gasteiger partial charge in [0.15, 0.2) is 0 Å². The molecule has 2 aromatic rings. The van der Waals surface area contributed by atoms with Crippen molar-refractivity contribution in [2.75, 3.05) is 18.4 Å². The van der Waals surface area contributed by atoms with E-state index in [1.165, 1.54) is 12.1 Å². The van der Waals surface area contributed by atoms with Crippen molar-refractivity contribution in [2.24, 2.45) is 5.92 Å². The second kappa shape index (κ2) is 9.18. The molecule has 6 heteroatoms. The van der Waals surface area contributed by atoms with Crippen molar-refractivity contribution in [1.82, 2.24) is 5.32 Å². The van der Waals surface area contributed by atoms with Crippen LogP contribution in [0.25, 0.3) is 11.1 Å². The number of amides is 1. The van der Waals surface area contributed by atoms with E-state index in [9.17, 15) is 9.18 Å². The van der Waals surface area contributed by atoms with Crippen LogP contribution in [0.3, 0.4) is 0 Å². The monoisotopic (exact) mass is 382 g/mol. The molecule has 2 N–H and O–H groups in total. The highest BCUT2D eigenvalue weighted by molar-refractivity contribution is 6.30. The van der Waals surface area contributed by atoms with E-state index in [2.05, 4.69) is 10.6 Å². The molecule has 0 aliphatic carbocycles. The fourth-order valence-corrected chi connectivity index (χ4v) is 3.13. The minimum atomic E-state index is -0.338. The summed E-state index contributed by atoms with van der Waals surface area (Å²) < 4.78 is 13.7. The summed E-state index contributed by atoms with van der Waals surface area (Å²) in [4.78, 5) is 12.2. The van der Waals surface area contributed by atoms with E-state index >= 15 is 0 Å². The van der Waals surface area contributed by atoms with Gasteiger partial charge in [-0.25, -0.2) is 4.39 Å². The van der Waals surface area contributed by atoms with Crippen LogP contribution in [0.2, 0.25) is 5.02 Å². The van der Waals surface area contributed by atoms with Gasteiger partial charge in [0, 0.05) is 22.7 Å². The molecule has 1 aliphatic heterocycles. The Morgan fingerprint density at radius 2 is 2.00 bits per heavy atom. The number of hydrogen-bond acceptors (Lipinski definition) is 2. The zero-order valence-corrected chi connectivity index (χ0v) is 15.3. The largest absolute Gasteiger partial charge is 0.326 e. The van der Waals surface area contributed by atoms with Crippen molar-refractivity contribution in [3.8, 4) is 11.1 Å². The van der Waals surface area contributed by atoms with Crippen LogP contribution in [-0.2, 0) is 4.79 Å². The highest BCUT2D eigenvalue weighted by Crippen LogP contribution is 2.30. The molecule has 0 radical (unpaired) electrons. The van der Waals surface area contributed by atoms with Crippen molar-refractivity contribution in [2.45, 2.75) is 19.3 Å². The zero-order valence-electron chi connectivity index (χ0n) is 13.7. The third-order valence-electron chi connectivity index (χ3n) is 4.35. The van der Waals surface area contributed by atoms with Gasteiger partial charge in [-0.2, -0.15) is 0 Å². The molecule has 1 saturated heterocycles. The molecule has 1 unspecified atom stereocenters. The van der Waals surface area contributed by atoms with E-state index < -0.39 is 0 Å². The average molecular weight is 383 g/mol. The quantitative estimate of drug-likeness (QED) is 0.772. The fraction of sp³-hybridized carbons (Fsp3) is 0.316. The van der Waals surface area contributed by atoms with Gasteiger partial charge in [-0.15, -0.1) is 12.4 Å². The second-order valence-electron chi connectivity index (χ2n) is 6.14. The zero-order chi connectivity index (χ0) is 16.9. The SMILES string of the molecule is Cl.O=C(CCC1CCNC1)Nc1ccc(F)cc1-c1ccc(Cl)cc1. The maximum atomic E-state index is 13.7. The normalized spacial score (nSPS) is 16.3. The summed E-state index contributed by atoms with van der Waals surface area (Å²) in [6, 6.07) is 11.5. The first-order chi connectivity index (χ1) is 11.6. The van der Waals surface area contributed by atoms with Crippen LogP contribution < -0.4 is 10.6 Å². The number of benzene rings is 2. The van der Waals surface area contributed by atoms with Crippen molar-refractivity contribution >= 4 is 35.6 Å². The summed E-state index contributed by atoms with van der Waals surface area (Å²) in [5.74, 6) is 0.193. The van der Waals surface area contributed by atoms with E-state index in [1.807, 2.05) is 12.1 Å². The maximum Gasteiger partial charge on any atom is 0.224 e. The molecule has 3 rings (SSSR count). The van der Waals surface area contributed by atoms with E-state index in [4.69, 9.17) is 11.6 Å². The van der Waals surface area contributed by atoms with Crippen molar-refractivity contribution in [3.05, 3.63) is 53.3 Å². The first kappa shape index (κ1) is 19.7. The number of hydrogen-bond donors (Lipinski definition) is 2. The number of halogens is 3. The lowest BCUT2D eigenvalue weighted by atomic mass is 10.0. The van der Waals surface area contributed by atoms with E-state index in [1.54, 1.807) is 18.2 Å². The van der Waals surface area contributed by atoms with E-state index in [-0.39, 0.29) is 24.1 Å². The lowest BCUT2D eigenvalue weighted by Gasteiger charge is -2.13. The van der Waals surface area contributed by atoms with Gasteiger partial charge in [0.05, 0.1) is 0 Å². The highest BCUT2D eigenvalue weighted by Gasteiger charge is 2.16. The lowest BCUT2D eigenvalue weighted by molar-refractivity contribution is -0.116. The molecule has 1 heterocycles. The van der Waals surface area contributed by atoms with Gasteiger partial charge in [0.25, 0.3) is 0 Å². The minimum absolute atomic E-state index is 0. The topological polar surface area (TPSA) is 41.1 Å². The molecule has 1 amide bonds. The Kier molecular flexibility index (Phi) is 7.24. The summed E-state index contributed by atoms with van der Waals surface area (Å²) in [5.41, 5.74) is 2.09. The molecule has 2 aromatic carbocycles. The van der Waals surface area contributed by atoms with Crippen LogP contribution in [0.5, 0.6) is 0 Å². The molecular formula is C19H21Cl2FN2O. The third kappa shape index (κ3) is 5.43. The summed E-state index contributed by atoms with van der Waals surface area (Å²) in [6.45, 7) is 2.02. The highest BCUT2D eigenvalue weighted by atomic mass is 35.5. The molecule has 134 valence electrons. The van der Waals surface area contributed by atoms with Crippen LogP contribution in [-0.4, -0.2) is 19.0 Å². The number of anilines is 1. The number of rotatable bonds is 5. The van der Waals surface area contributed by atoms with Gasteiger partial charge in [-0.05, 0) is 67.7 Å². The Morgan fingerprint density at radius 3 is 2.68 bits per heavy atom. The molecule has 3 nitrogen and oxygen atoms in total. The van der Waals surface area contributed by atoms with Crippen LogP contribution >= 0.6 is 24.0 Å².